The number of nitrogens with one attached hydrogen (secondary N) is 1. The van der Waals surface area contributed by atoms with E-state index in [1.165, 1.54) is 16.9 Å². The number of fused-ring (bicyclic) bond motifs is 1. The van der Waals surface area contributed by atoms with Gasteiger partial charge < -0.3 is 5.73 Å². The zero-order valence-corrected chi connectivity index (χ0v) is 12.1. The van der Waals surface area contributed by atoms with Gasteiger partial charge >= 0.3 is 0 Å². The van der Waals surface area contributed by atoms with E-state index in [-0.39, 0.29) is 4.90 Å². The van der Waals surface area contributed by atoms with E-state index in [2.05, 4.69) is 9.82 Å². The third-order valence-electron chi connectivity index (χ3n) is 3.16. The first-order valence-electron chi connectivity index (χ1n) is 6.26. The molecule has 2 aromatic carbocycles. The second kappa shape index (κ2) is 4.78. The lowest BCUT2D eigenvalue weighted by Crippen LogP contribution is -2.13. The van der Waals surface area contributed by atoms with Crippen LogP contribution in [0.15, 0.2) is 53.7 Å². The summed E-state index contributed by atoms with van der Waals surface area (Å²) in [5.41, 5.74) is 6.86. The largest absolute Gasteiger partial charge is 0.398 e. The number of hydrogen-bond donors (Lipinski definition) is 2. The summed E-state index contributed by atoms with van der Waals surface area (Å²) in [7, 11) is -1.98. The molecule has 0 aliphatic rings. The van der Waals surface area contributed by atoms with Crippen LogP contribution < -0.4 is 10.5 Å². The summed E-state index contributed by atoms with van der Waals surface area (Å²) in [6.45, 7) is 0. The maximum atomic E-state index is 12.5. The van der Waals surface area contributed by atoms with Crippen LogP contribution in [0.5, 0.6) is 0 Å². The highest BCUT2D eigenvalue weighted by Gasteiger charge is 2.18. The molecular formula is C14H14N4O2S. The monoisotopic (exact) mass is 302 g/mol. The normalized spacial score (nSPS) is 11.7. The first-order chi connectivity index (χ1) is 9.97. The highest BCUT2D eigenvalue weighted by molar-refractivity contribution is 7.93. The molecular weight excluding hydrogens is 288 g/mol. The van der Waals surface area contributed by atoms with E-state index in [4.69, 9.17) is 5.73 Å². The third kappa shape index (κ3) is 2.43. The van der Waals surface area contributed by atoms with Crippen molar-refractivity contribution in [2.75, 3.05) is 10.5 Å². The highest BCUT2D eigenvalue weighted by Crippen LogP contribution is 2.28. The molecule has 0 atom stereocenters. The van der Waals surface area contributed by atoms with Crippen molar-refractivity contribution in [1.82, 2.24) is 9.78 Å². The fraction of sp³-hybridized carbons (Fsp3) is 0.0714. The summed E-state index contributed by atoms with van der Waals surface area (Å²) < 4.78 is 29.1. The van der Waals surface area contributed by atoms with Crippen molar-refractivity contribution in [3.8, 4) is 0 Å². The Labute approximate surface area is 122 Å². The maximum Gasteiger partial charge on any atom is 0.262 e. The number of aromatic nitrogens is 2. The van der Waals surface area contributed by atoms with Gasteiger partial charge in [-0.1, -0.05) is 24.3 Å². The molecule has 0 spiro atoms. The standard InChI is InChI=1S/C14H14N4O2S/c1-18-9-10(8-16-18)17-21(19,20)14-7-6-13(15)11-4-2-3-5-12(11)14/h2-9,17H,15H2,1H3. The van der Waals surface area contributed by atoms with Gasteiger partial charge in [0.15, 0.2) is 0 Å². The zero-order chi connectivity index (χ0) is 15.0. The Hall–Kier alpha value is -2.54. The van der Waals surface area contributed by atoms with Gasteiger partial charge in [-0.2, -0.15) is 5.10 Å². The first-order valence-corrected chi connectivity index (χ1v) is 7.74. The Balaban J connectivity index is 2.13. The second-order valence-electron chi connectivity index (χ2n) is 4.71. The van der Waals surface area contributed by atoms with Crippen molar-refractivity contribution in [1.29, 1.82) is 0 Å². The van der Waals surface area contributed by atoms with Gasteiger partial charge in [-0.25, -0.2) is 8.42 Å². The van der Waals surface area contributed by atoms with E-state index >= 15 is 0 Å². The molecule has 0 amide bonds. The number of rotatable bonds is 3. The van der Waals surface area contributed by atoms with Crippen LogP contribution in [0.3, 0.4) is 0 Å². The lowest BCUT2D eigenvalue weighted by molar-refractivity contribution is 0.602. The average molecular weight is 302 g/mol. The molecule has 1 aromatic heterocycles. The quantitative estimate of drug-likeness (QED) is 0.724. The minimum absolute atomic E-state index is 0.191. The minimum atomic E-state index is -3.70. The lowest BCUT2D eigenvalue weighted by Gasteiger charge is -2.10. The molecule has 0 saturated heterocycles. The first kappa shape index (κ1) is 13.4. The van der Waals surface area contributed by atoms with Crippen molar-refractivity contribution in [2.24, 2.45) is 7.05 Å². The van der Waals surface area contributed by atoms with E-state index in [1.54, 1.807) is 37.5 Å². The van der Waals surface area contributed by atoms with Crippen LogP contribution in [0.2, 0.25) is 0 Å². The molecule has 1 heterocycles. The molecule has 0 aliphatic heterocycles. The molecule has 0 fully saturated rings. The molecule has 0 radical (unpaired) electrons. The number of benzene rings is 2. The van der Waals surface area contributed by atoms with Gasteiger partial charge in [0.2, 0.25) is 0 Å². The van der Waals surface area contributed by atoms with Crippen molar-refractivity contribution in [3.63, 3.8) is 0 Å². The predicted octanol–water partition coefficient (Wildman–Crippen LogP) is 1.96. The van der Waals surface area contributed by atoms with E-state index in [0.29, 0.717) is 22.1 Å². The van der Waals surface area contributed by atoms with Gasteiger partial charge in [-0.15, -0.1) is 0 Å². The highest BCUT2D eigenvalue weighted by atomic mass is 32.2. The average Bonchev–Trinajstić information content (AvgIpc) is 2.83. The van der Waals surface area contributed by atoms with Crippen LogP contribution >= 0.6 is 0 Å². The Bertz CT molecular complexity index is 916. The summed E-state index contributed by atoms with van der Waals surface area (Å²) in [5, 5.41) is 5.25. The molecule has 0 bridgehead atoms. The van der Waals surface area contributed by atoms with Gasteiger partial charge in [0.1, 0.15) is 0 Å². The number of anilines is 2. The van der Waals surface area contributed by atoms with Crippen molar-refractivity contribution < 1.29 is 8.42 Å². The van der Waals surface area contributed by atoms with Crippen LogP contribution in [-0.4, -0.2) is 18.2 Å². The maximum absolute atomic E-state index is 12.5. The van der Waals surface area contributed by atoms with Crippen LogP contribution in [-0.2, 0) is 17.1 Å². The molecule has 21 heavy (non-hydrogen) atoms. The number of nitrogen functional groups attached to an aromatic ring is 1. The molecule has 3 aromatic rings. The smallest absolute Gasteiger partial charge is 0.262 e. The zero-order valence-electron chi connectivity index (χ0n) is 11.3. The van der Waals surface area contributed by atoms with Crippen LogP contribution in [0.1, 0.15) is 0 Å². The second-order valence-corrected chi connectivity index (χ2v) is 6.36. The Morgan fingerprint density at radius 2 is 1.86 bits per heavy atom. The van der Waals surface area contributed by atoms with Gasteiger partial charge in [-0.05, 0) is 12.1 Å². The van der Waals surface area contributed by atoms with Crippen molar-refractivity contribution >= 4 is 32.2 Å². The SMILES string of the molecule is Cn1cc(NS(=O)(=O)c2ccc(N)c3ccccc23)cn1. The van der Waals surface area contributed by atoms with Crippen molar-refractivity contribution in [3.05, 3.63) is 48.8 Å². The predicted molar refractivity (Wildman–Crippen MR) is 82.4 cm³/mol. The summed E-state index contributed by atoms with van der Waals surface area (Å²) in [6.07, 6.45) is 3.05. The van der Waals surface area contributed by atoms with Crippen LogP contribution in [0, 0.1) is 0 Å². The summed E-state index contributed by atoms with van der Waals surface area (Å²) in [4.78, 5) is 0.191. The van der Waals surface area contributed by atoms with E-state index in [9.17, 15) is 8.42 Å². The lowest BCUT2D eigenvalue weighted by atomic mass is 10.1. The fourth-order valence-corrected chi connectivity index (χ4v) is 3.45. The number of aryl methyl sites for hydroxylation is 1. The van der Waals surface area contributed by atoms with Crippen LogP contribution in [0.25, 0.3) is 10.8 Å². The molecule has 3 N–H and O–H groups in total. The van der Waals surface area contributed by atoms with Gasteiger partial charge in [0.25, 0.3) is 10.0 Å². The van der Waals surface area contributed by atoms with E-state index in [0.717, 1.165) is 0 Å². The number of nitrogens with two attached hydrogens (primary N) is 1. The number of nitrogens with zero attached hydrogens (tertiary/aromatic N) is 2. The summed E-state index contributed by atoms with van der Waals surface area (Å²) >= 11 is 0. The Kier molecular flexibility index (Phi) is 3.06. The molecule has 0 aliphatic carbocycles. The van der Waals surface area contributed by atoms with Gasteiger partial charge in [0, 0.05) is 29.7 Å². The molecule has 108 valence electrons. The van der Waals surface area contributed by atoms with Crippen molar-refractivity contribution in [2.45, 2.75) is 4.90 Å². The fourth-order valence-electron chi connectivity index (χ4n) is 2.21. The van der Waals surface area contributed by atoms with Gasteiger partial charge in [-0.3, -0.25) is 9.40 Å². The summed E-state index contributed by atoms with van der Waals surface area (Å²) in [6, 6.07) is 10.3. The Morgan fingerprint density at radius 3 is 2.52 bits per heavy atom. The third-order valence-corrected chi connectivity index (χ3v) is 4.60. The van der Waals surface area contributed by atoms with E-state index in [1.807, 2.05) is 6.07 Å². The molecule has 3 rings (SSSR count). The van der Waals surface area contributed by atoms with E-state index < -0.39 is 10.0 Å². The molecule has 6 nitrogen and oxygen atoms in total. The van der Waals surface area contributed by atoms with Gasteiger partial charge in [0.05, 0.1) is 16.8 Å². The topological polar surface area (TPSA) is 90.0 Å². The minimum Gasteiger partial charge on any atom is -0.398 e. The number of hydrogen-bond acceptors (Lipinski definition) is 4. The van der Waals surface area contributed by atoms with Crippen LogP contribution in [0.4, 0.5) is 11.4 Å². The summed E-state index contributed by atoms with van der Waals surface area (Å²) in [5.74, 6) is 0. The Morgan fingerprint density at radius 1 is 1.14 bits per heavy atom. The molecule has 7 heteroatoms. The number of sulfonamides is 1. The molecule has 0 saturated carbocycles. The molecule has 0 unspecified atom stereocenters.